The SMILES string of the molecule is CCOc1ccc(N2C(=S)SC3C(=O)N=C(SCC(=O)NCc4ccccc4)N=C32)cc1. The Labute approximate surface area is 199 Å². The molecule has 0 saturated carbocycles. The number of ether oxygens (including phenoxy) is 1. The van der Waals surface area contributed by atoms with E-state index >= 15 is 0 Å². The number of thiocarbonyl (C=S) groups is 1. The van der Waals surface area contributed by atoms with Crippen LogP contribution in [0.5, 0.6) is 5.75 Å². The van der Waals surface area contributed by atoms with E-state index in [1.807, 2.05) is 61.5 Å². The summed E-state index contributed by atoms with van der Waals surface area (Å²) in [4.78, 5) is 35.2. The molecule has 1 N–H and O–H groups in total. The molecule has 32 heavy (non-hydrogen) atoms. The van der Waals surface area contributed by atoms with Crippen LogP contribution in [0.1, 0.15) is 12.5 Å². The molecule has 0 spiro atoms. The van der Waals surface area contributed by atoms with Crippen LogP contribution in [0.4, 0.5) is 5.69 Å². The predicted octanol–water partition coefficient (Wildman–Crippen LogP) is 3.64. The Morgan fingerprint density at radius 2 is 1.94 bits per heavy atom. The molecule has 1 saturated heterocycles. The lowest BCUT2D eigenvalue weighted by Gasteiger charge is -2.21. The van der Waals surface area contributed by atoms with E-state index in [4.69, 9.17) is 17.0 Å². The zero-order valence-electron chi connectivity index (χ0n) is 17.2. The Kier molecular flexibility index (Phi) is 7.23. The number of thioether (sulfide) groups is 2. The molecule has 1 unspecified atom stereocenters. The molecular formula is C22H20N4O3S3. The Morgan fingerprint density at radius 1 is 1.19 bits per heavy atom. The highest BCUT2D eigenvalue weighted by atomic mass is 32.2. The number of hydrogen-bond donors (Lipinski definition) is 1. The summed E-state index contributed by atoms with van der Waals surface area (Å²) < 4.78 is 6.03. The molecule has 164 valence electrons. The van der Waals surface area contributed by atoms with Crippen molar-refractivity contribution in [2.45, 2.75) is 18.7 Å². The molecule has 0 bridgehead atoms. The second-order valence-electron chi connectivity index (χ2n) is 6.78. The second-order valence-corrected chi connectivity index (χ2v) is 9.46. The first kappa shape index (κ1) is 22.5. The largest absolute Gasteiger partial charge is 0.494 e. The van der Waals surface area contributed by atoms with Crippen LogP contribution in [0.3, 0.4) is 0 Å². The summed E-state index contributed by atoms with van der Waals surface area (Å²) in [6.07, 6.45) is 0. The number of anilines is 1. The van der Waals surface area contributed by atoms with Crippen LogP contribution in [0.25, 0.3) is 0 Å². The highest BCUT2D eigenvalue weighted by molar-refractivity contribution is 8.25. The summed E-state index contributed by atoms with van der Waals surface area (Å²) in [5.41, 5.74) is 1.81. The molecule has 4 rings (SSSR count). The normalized spacial score (nSPS) is 17.5. The Balaban J connectivity index is 1.42. The number of nitrogens with one attached hydrogen (secondary N) is 1. The number of fused-ring (bicyclic) bond motifs is 1. The number of aliphatic imine (C=N–C) groups is 2. The maximum atomic E-state index is 12.6. The van der Waals surface area contributed by atoms with Gasteiger partial charge in [0, 0.05) is 12.2 Å². The van der Waals surface area contributed by atoms with Crippen molar-refractivity contribution in [3.63, 3.8) is 0 Å². The van der Waals surface area contributed by atoms with Gasteiger partial charge in [-0.15, -0.1) is 0 Å². The van der Waals surface area contributed by atoms with E-state index in [2.05, 4.69) is 15.3 Å². The number of amidine groups is 2. The number of benzene rings is 2. The molecule has 2 aliphatic heterocycles. The van der Waals surface area contributed by atoms with Gasteiger partial charge in [-0.25, -0.2) is 4.99 Å². The minimum Gasteiger partial charge on any atom is -0.494 e. The van der Waals surface area contributed by atoms with Gasteiger partial charge in [0.1, 0.15) is 15.9 Å². The molecular weight excluding hydrogens is 464 g/mol. The van der Waals surface area contributed by atoms with Crippen molar-refractivity contribution in [2.75, 3.05) is 17.3 Å². The Morgan fingerprint density at radius 3 is 2.66 bits per heavy atom. The predicted molar refractivity (Wildman–Crippen MR) is 135 cm³/mol. The van der Waals surface area contributed by atoms with Crippen LogP contribution in [0, 0.1) is 0 Å². The standard InChI is InChI=1S/C22H20N4O3S3/c1-2-29-16-10-8-15(9-11-16)26-19-18(32-22(26)30)20(28)25-21(24-19)31-13-17(27)23-12-14-6-4-3-5-7-14/h3-11,18H,2,12-13H2,1H3,(H,23,27). The summed E-state index contributed by atoms with van der Waals surface area (Å²) in [6, 6.07) is 17.1. The van der Waals surface area contributed by atoms with Gasteiger partial charge in [-0.1, -0.05) is 66.1 Å². The maximum absolute atomic E-state index is 12.6. The van der Waals surface area contributed by atoms with Crippen molar-refractivity contribution in [2.24, 2.45) is 9.98 Å². The summed E-state index contributed by atoms with van der Waals surface area (Å²) >= 11 is 7.89. The van der Waals surface area contributed by atoms with Gasteiger partial charge in [-0.05, 0) is 36.8 Å². The highest BCUT2D eigenvalue weighted by Crippen LogP contribution is 2.36. The molecule has 0 aromatic heterocycles. The van der Waals surface area contributed by atoms with Crippen molar-refractivity contribution in [1.29, 1.82) is 0 Å². The van der Waals surface area contributed by atoms with Crippen molar-refractivity contribution >= 4 is 68.6 Å². The molecule has 2 aromatic carbocycles. The average molecular weight is 485 g/mol. The van der Waals surface area contributed by atoms with Gasteiger partial charge in [0.05, 0.1) is 12.4 Å². The van der Waals surface area contributed by atoms with Gasteiger partial charge >= 0.3 is 0 Å². The topological polar surface area (TPSA) is 83.4 Å². The monoisotopic (exact) mass is 484 g/mol. The smallest absolute Gasteiger partial charge is 0.269 e. The summed E-state index contributed by atoms with van der Waals surface area (Å²) in [5, 5.41) is 2.55. The maximum Gasteiger partial charge on any atom is 0.269 e. The first-order chi connectivity index (χ1) is 15.5. The molecule has 10 heteroatoms. The van der Waals surface area contributed by atoms with Crippen molar-refractivity contribution < 1.29 is 14.3 Å². The Bertz CT molecular complexity index is 1090. The zero-order valence-corrected chi connectivity index (χ0v) is 19.6. The van der Waals surface area contributed by atoms with E-state index < -0.39 is 5.25 Å². The van der Waals surface area contributed by atoms with Crippen LogP contribution in [-0.4, -0.2) is 44.7 Å². The van der Waals surface area contributed by atoms with Crippen LogP contribution < -0.4 is 15.0 Å². The molecule has 0 radical (unpaired) electrons. The second kappa shape index (κ2) is 10.3. The molecule has 2 aliphatic rings. The van der Waals surface area contributed by atoms with Crippen LogP contribution in [0.2, 0.25) is 0 Å². The number of carbonyl (C=O) groups is 2. The summed E-state index contributed by atoms with van der Waals surface area (Å²) in [5.74, 6) is 0.919. The molecule has 0 aliphatic carbocycles. The molecule has 7 nitrogen and oxygen atoms in total. The first-order valence-electron chi connectivity index (χ1n) is 9.93. The molecule has 2 heterocycles. The zero-order chi connectivity index (χ0) is 22.5. The lowest BCUT2D eigenvalue weighted by molar-refractivity contribution is -0.119. The quantitative estimate of drug-likeness (QED) is 0.601. The van der Waals surface area contributed by atoms with E-state index in [9.17, 15) is 9.59 Å². The fourth-order valence-corrected chi connectivity index (χ4v) is 5.19. The molecule has 1 atom stereocenters. The fourth-order valence-electron chi connectivity index (χ4n) is 3.10. The third-order valence-electron chi connectivity index (χ3n) is 4.58. The van der Waals surface area contributed by atoms with Crippen LogP contribution in [-0.2, 0) is 16.1 Å². The average Bonchev–Trinajstić information content (AvgIpc) is 3.14. The minimum absolute atomic E-state index is 0.112. The van der Waals surface area contributed by atoms with Crippen molar-refractivity contribution in [3.8, 4) is 5.75 Å². The Hall–Kier alpha value is -2.69. The van der Waals surface area contributed by atoms with Crippen LogP contribution in [0.15, 0.2) is 64.6 Å². The first-order valence-corrected chi connectivity index (χ1v) is 12.2. The number of rotatable bonds is 7. The van der Waals surface area contributed by atoms with Gasteiger partial charge in [-0.2, -0.15) is 4.99 Å². The highest BCUT2D eigenvalue weighted by Gasteiger charge is 2.43. The number of carbonyl (C=O) groups excluding carboxylic acids is 2. The van der Waals surface area contributed by atoms with E-state index in [-0.39, 0.29) is 22.7 Å². The molecule has 2 aromatic rings. The summed E-state index contributed by atoms with van der Waals surface area (Å²) in [6.45, 7) is 2.95. The van der Waals surface area contributed by atoms with Gasteiger partial charge in [0.15, 0.2) is 10.4 Å². The molecule has 1 fully saturated rings. The van der Waals surface area contributed by atoms with E-state index in [0.717, 1.165) is 28.8 Å². The van der Waals surface area contributed by atoms with Gasteiger partial charge < -0.3 is 10.1 Å². The van der Waals surface area contributed by atoms with E-state index in [1.165, 1.54) is 11.8 Å². The van der Waals surface area contributed by atoms with Crippen LogP contribution >= 0.6 is 35.7 Å². The minimum atomic E-state index is -0.565. The van der Waals surface area contributed by atoms with Gasteiger partial charge in [0.25, 0.3) is 5.91 Å². The van der Waals surface area contributed by atoms with E-state index in [0.29, 0.717) is 23.3 Å². The lowest BCUT2D eigenvalue weighted by atomic mass is 10.2. The summed E-state index contributed by atoms with van der Waals surface area (Å²) in [7, 11) is 0. The number of hydrogen-bond acceptors (Lipinski definition) is 7. The lowest BCUT2D eigenvalue weighted by Crippen LogP contribution is -2.37. The molecule has 2 amide bonds. The number of amides is 2. The van der Waals surface area contributed by atoms with Crippen molar-refractivity contribution in [1.82, 2.24) is 5.32 Å². The third kappa shape index (κ3) is 5.20. The number of nitrogens with zero attached hydrogens (tertiary/aromatic N) is 3. The van der Waals surface area contributed by atoms with Gasteiger partial charge in [-0.3, -0.25) is 14.5 Å². The van der Waals surface area contributed by atoms with Crippen molar-refractivity contribution in [3.05, 3.63) is 60.2 Å². The fraction of sp³-hybridized carbons (Fsp3) is 0.227. The third-order valence-corrected chi connectivity index (χ3v) is 6.93. The van der Waals surface area contributed by atoms with Gasteiger partial charge in [0.2, 0.25) is 5.91 Å². The van der Waals surface area contributed by atoms with E-state index in [1.54, 1.807) is 4.90 Å².